The van der Waals surface area contributed by atoms with Crippen molar-refractivity contribution in [1.82, 2.24) is 20.1 Å². The second kappa shape index (κ2) is 7.31. The molecule has 0 aliphatic heterocycles. The van der Waals surface area contributed by atoms with Gasteiger partial charge in [-0.05, 0) is 37.3 Å². The Labute approximate surface area is 144 Å². The van der Waals surface area contributed by atoms with Gasteiger partial charge in [-0.1, -0.05) is 11.6 Å². The summed E-state index contributed by atoms with van der Waals surface area (Å²) in [5.41, 5.74) is 1.68. The van der Waals surface area contributed by atoms with Crippen molar-refractivity contribution in [1.29, 1.82) is 0 Å². The van der Waals surface area contributed by atoms with Crippen LogP contribution in [-0.2, 0) is 17.9 Å². The first-order valence-electron chi connectivity index (χ1n) is 7.58. The molecule has 0 spiro atoms. The molecule has 0 atom stereocenters. The smallest absolute Gasteiger partial charge is 0.222 e. The summed E-state index contributed by atoms with van der Waals surface area (Å²) in [4.78, 5) is 16.2. The quantitative estimate of drug-likeness (QED) is 0.745. The van der Waals surface area contributed by atoms with Crippen LogP contribution in [0.4, 0.5) is 0 Å². The van der Waals surface area contributed by atoms with Gasteiger partial charge in [0, 0.05) is 35.9 Å². The predicted octanol–water partition coefficient (Wildman–Crippen LogP) is 3.21. The zero-order chi connectivity index (χ0) is 16.9. The lowest BCUT2D eigenvalue weighted by atomic mass is 10.1. The van der Waals surface area contributed by atoms with E-state index in [-0.39, 0.29) is 12.5 Å². The van der Waals surface area contributed by atoms with Gasteiger partial charge in [0.05, 0.1) is 12.2 Å². The second-order valence-corrected chi connectivity index (χ2v) is 5.76. The lowest BCUT2D eigenvalue weighted by molar-refractivity contribution is -0.121. The third-order valence-electron chi connectivity index (χ3n) is 3.51. The van der Waals surface area contributed by atoms with Crippen LogP contribution in [0.5, 0.6) is 0 Å². The molecule has 0 aliphatic rings. The molecule has 2 heterocycles. The van der Waals surface area contributed by atoms with Gasteiger partial charge in [0.25, 0.3) is 0 Å². The van der Waals surface area contributed by atoms with Gasteiger partial charge in [0.15, 0.2) is 5.76 Å². The monoisotopic (exact) mass is 344 g/mol. The molecule has 3 rings (SSSR count). The first-order chi connectivity index (χ1) is 11.6. The zero-order valence-corrected chi connectivity index (χ0v) is 14.0. The number of carbonyl (C=O) groups excluding carboxylic acids is 1. The molecule has 0 radical (unpaired) electrons. The normalized spacial score (nSPS) is 10.8. The Morgan fingerprint density at radius 2 is 2.12 bits per heavy atom. The summed E-state index contributed by atoms with van der Waals surface area (Å²) in [6, 6.07) is 9.18. The van der Waals surface area contributed by atoms with E-state index in [1.807, 2.05) is 31.3 Å². The Morgan fingerprint density at radius 3 is 2.83 bits per heavy atom. The van der Waals surface area contributed by atoms with Gasteiger partial charge >= 0.3 is 0 Å². The fourth-order valence-corrected chi connectivity index (χ4v) is 2.43. The lowest BCUT2D eigenvalue weighted by Crippen LogP contribution is -2.24. The molecular formula is C17H17ClN4O2. The number of amides is 1. The maximum Gasteiger partial charge on any atom is 0.222 e. The number of rotatable bonds is 6. The number of oxazole rings is 1. The molecule has 0 saturated heterocycles. The molecular weight excluding hydrogens is 328 g/mol. The van der Waals surface area contributed by atoms with Gasteiger partial charge < -0.3 is 9.73 Å². The molecule has 124 valence electrons. The van der Waals surface area contributed by atoms with Crippen molar-refractivity contribution in [2.45, 2.75) is 26.4 Å². The summed E-state index contributed by atoms with van der Waals surface area (Å²) in [5, 5.41) is 7.53. The Bertz CT molecular complexity index is 810. The number of nitrogens with zero attached hydrogens (tertiary/aromatic N) is 3. The van der Waals surface area contributed by atoms with Gasteiger partial charge in [-0.2, -0.15) is 5.10 Å². The number of hydrogen-bond donors (Lipinski definition) is 1. The zero-order valence-electron chi connectivity index (χ0n) is 13.2. The van der Waals surface area contributed by atoms with Crippen LogP contribution in [0, 0.1) is 6.92 Å². The summed E-state index contributed by atoms with van der Waals surface area (Å²) in [5.74, 6) is 1.09. The number of nitrogens with one attached hydrogen (secondary N) is 1. The van der Waals surface area contributed by atoms with Crippen molar-refractivity contribution in [2.75, 3.05) is 0 Å². The van der Waals surface area contributed by atoms with E-state index in [0.29, 0.717) is 29.6 Å². The van der Waals surface area contributed by atoms with E-state index in [4.69, 9.17) is 16.0 Å². The Kier molecular flexibility index (Phi) is 4.96. The average molecular weight is 345 g/mol. The molecule has 1 N–H and O–H groups in total. The van der Waals surface area contributed by atoms with E-state index >= 15 is 0 Å². The molecule has 1 aromatic carbocycles. The Balaban J connectivity index is 1.57. The van der Waals surface area contributed by atoms with E-state index < -0.39 is 0 Å². The van der Waals surface area contributed by atoms with E-state index in [2.05, 4.69) is 15.4 Å². The highest BCUT2D eigenvalue weighted by Crippen LogP contribution is 2.25. The highest BCUT2D eigenvalue weighted by molar-refractivity contribution is 6.30. The van der Waals surface area contributed by atoms with Gasteiger partial charge in [-0.25, -0.2) is 4.98 Å². The van der Waals surface area contributed by atoms with Gasteiger partial charge in [-0.3, -0.25) is 9.48 Å². The fourth-order valence-electron chi connectivity index (χ4n) is 2.31. The minimum atomic E-state index is -0.0746. The summed E-state index contributed by atoms with van der Waals surface area (Å²) in [6.07, 6.45) is 3.86. The lowest BCUT2D eigenvalue weighted by Gasteiger charge is -2.03. The Morgan fingerprint density at radius 1 is 1.33 bits per heavy atom. The molecule has 6 nitrogen and oxygen atoms in total. The number of aryl methyl sites for hydroxylation is 2. The first kappa shape index (κ1) is 16.3. The largest absolute Gasteiger partial charge is 0.438 e. The SMILES string of the molecule is Cc1nc(CNC(=O)CCn2cccn2)oc1-c1ccc(Cl)cc1. The molecule has 0 unspecified atom stereocenters. The molecule has 0 saturated carbocycles. The van der Waals surface area contributed by atoms with Gasteiger partial charge in [0.1, 0.15) is 0 Å². The van der Waals surface area contributed by atoms with Crippen LogP contribution in [0.1, 0.15) is 18.0 Å². The predicted molar refractivity (Wildman–Crippen MR) is 90.4 cm³/mol. The molecule has 1 amide bonds. The highest BCUT2D eigenvalue weighted by atomic mass is 35.5. The van der Waals surface area contributed by atoms with E-state index in [0.717, 1.165) is 11.3 Å². The summed E-state index contributed by atoms with van der Waals surface area (Å²) in [6.45, 7) is 2.67. The minimum Gasteiger partial charge on any atom is -0.438 e. The van der Waals surface area contributed by atoms with Crippen LogP contribution in [0.3, 0.4) is 0 Å². The van der Waals surface area contributed by atoms with Crippen molar-refractivity contribution >= 4 is 17.5 Å². The number of aromatic nitrogens is 3. The molecule has 7 heteroatoms. The Hall–Kier alpha value is -2.60. The van der Waals surface area contributed by atoms with Gasteiger partial charge in [-0.15, -0.1) is 0 Å². The summed E-state index contributed by atoms with van der Waals surface area (Å²) >= 11 is 5.90. The third-order valence-corrected chi connectivity index (χ3v) is 3.76. The third kappa shape index (κ3) is 4.02. The number of benzene rings is 1. The van der Waals surface area contributed by atoms with E-state index in [9.17, 15) is 4.79 Å². The number of carbonyl (C=O) groups is 1. The summed E-state index contributed by atoms with van der Waals surface area (Å²) < 4.78 is 7.47. The first-order valence-corrected chi connectivity index (χ1v) is 7.96. The van der Waals surface area contributed by atoms with Gasteiger partial charge in [0.2, 0.25) is 11.8 Å². The van der Waals surface area contributed by atoms with Crippen molar-refractivity contribution in [3.63, 3.8) is 0 Å². The number of hydrogen-bond acceptors (Lipinski definition) is 4. The van der Waals surface area contributed by atoms with Crippen LogP contribution in [0.15, 0.2) is 47.1 Å². The van der Waals surface area contributed by atoms with Crippen LogP contribution >= 0.6 is 11.6 Å². The molecule has 24 heavy (non-hydrogen) atoms. The maximum absolute atomic E-state index is 11.9. The van der Waals surface area contributed by atoms with Crippen molar-refractivity contribution in [3.8, 4) is 11.3 Å². The standard InChI is InChI=1S/C17H17ClN4O2/c1-12-17(13-3-5-14(18)6-4-13)24-16(21-12)11-19-15(23)7-10-22-9-2-8-20-22/h2-6,8-9H,7,10-11H2,1H3,(H,19,23). The molecule has 3 aromatic rings. The van der Waals surface area contributed by atoms with Crippen molar-refractivity contribution < 1.29 is 9.21 Å². The fraction of sp³-hybridized carbons (Fsp3) is 0.235. The van der Waals surface area contributed by atoms with Crippen LogP contribution in [0.25, 0.3) is 11.3 Å². The molecule has 0 aliphatic carbocycles. The number of halogens is 1. The molecule has 2 aromatic heterocycles. The molecule has 0 bridgehead atoms. The minimum absolute atomic E-state index is 0.0746. The highest BCUT2D eigenvalue weighted by Gasteiger charge is 2.12. The van der Waals surface area contributed by atoms with Crippen LogP contribution < -0.4 is 5.32 Å². The van der Waals surface area contributed by atoms with E-state index in [1.54, 1.807) is 23.0 Å². The van der Waals surface area contributed by atoms with E-state index in [1.165, 1.54) is 0 Å². The summed E-state index contributed by atoms with van der Waals surface area (Å²) in [7, 11) is 0. The van der Waals surface area contributed by atoms with Crippen LogP contribution in [-0.4, -0.2) is 20.7 Å². The topological polar surface area (TPSA) is 73.0 Å². The second-order valence-electron chi connectivity index (χ2n) is 5.32. The van der Waals surface area contributed by atoms with Crippen molar-refractivity contribution in [2.24, 2.45) is 0 Å². The maximum atomic E-state index is 11.9. The average Bonchev–Trinajstić information content (AvgIpc) is 3.21. The van der Waals surface area contributed by atoms with Crippen molar-refractivity contribution in [3.05, 3.63) is 59.3 Å². The van der Waals surface area contributed by atoms with Crippen LogP contribution in [0.2, 0.25) is 5.02 Å². The molecule has 0 fully saturated rings.